The zero-order valence-electron chi connectivity index (χ0n) is 12.0. The zero-order chi connectivity index (χ0) is 16.7. The number of hydrogen-bond acceptors (Lipinski definition) is 3. The van der Waals surface area contributed by atoms with Gasteiger partial charge in [0.2, 0.25) is 0 Å². The summed E-state index contributed by atoms with van der Waals surface area (Å²) in [5.41, 5.74) is 0.852. The number of halogens is 2. The van der Waals surface area contributed by atoms with Crippen LogP contribution in [0.2, 0.25) is 0 Å². The van der Waals surface area contributed by atoms with Crippen LogP contribution in [-0.4, -0.2) is 18.5 Å². The van der Waals surface area contributed by atoms with E-state index in [9.17, 15) is 14.0 Å². The molecule has 23 heavy (non-hydrogen) atoms. The highest BCUT2D eigenvalue weighted by molar-refractivity contribution is 9.10. The van der Waals surface area contributed by atoms with E-state index in [1.165, 1.54) is 18.2 Å². The third kappa shape index (κ3) is 5.67. The molecular formula is C17H13BrFNO3. The standard InChI is InChI=1S/C17H13BrFNO3/c18-13-5-3-6-14(10-13)20-16(21)11-23-17(22)9-8-12-4-1-2-7-15(12)19/h1-10H,11H2,(H,20,21)/b9-8+. The Morgan fingerprint density at radius 2 is 1.96 bits per heavy atom. The molecular weight excluding hydrogens is 365 g/mol. The van der Waals surface area contributed by atoms with Crippen LogP contribution in [-0.2, 0) is 14.3 Å². The van der Waals surface area contributed by atoms with E-state index in [2.05, 4.69) is 21.2 Å². The largest absolute Gasteiger partial charge is 0.452 e. The van der Waals surface area contributed by atoms with Gasteiger partial charge in [-0.05, 0) is 30.3 Å². The molecule has 0 aliphatic carbocycles. The van der Waals surface area contributed by atoms with Crippen molar-refractivity contribution in [2.75, 3.05) is 11.9 Å². The number of ether oxygens (including phenoxy) is 1. The number of carbonyl (C=O) groups excluding carboxylic acids is 2. The topological polar surface area (TPSA) is 55.4 Å². The monoisotopic (exact) mass is 377 g/mol. The maximum absolute atomic E-state index is 13.4. The Bertz CT molecular complexity index is 746. The molecule has 0 heterocycles. The van der Waals surface area contributed by atoms with E-state index in [0.717, 1.165) is 10.5 Å². The molecule has 6 heteroatoms. The molecule has 0 saturated carbocycles. The number of rotatable bonds is 5. The number of hydrogen-bond donors (Lipinski definition) is 1. The highest BCUT2D eigenvalue weighted by Crippen LogP contribution is 2.15. The summed E-state index contributed by atoms with van der Waals surface area (Å²) in [5, 5.41) is 2.59. The van der Waals surface area contributed by atoms with Crippen molar-refractivity contribution in [1.82, 2.24) is 0 Å². The Balaban J connectivity index is 1.82. The van der Waals surface area contributed by atoms with E-state index in [4.69, 9.17) is 4.74 Å². The van der Waals surface area contributed by atoms with Crippen LogP contribution in [0.5, 0.6) is 0 Å². The van der Waals surface area contributed by atoms with Crippen LogP contribution in [0.3, 0.4) is 0 Å². The Labute approximate surface area is 141 Å². The van der Waals surface area contributed by atoms with Gasteiger partial charge < -0.3 is 10.1 Å². The van der Waals surface area contributed by atoms with Crippen molar-refractivity contribution < 1.29 is 18.7 Å². The van der Waals surface area contributed by atoms with Gasteiger partial charge in [0, 0.05) is 21.8 Å². The maximum Gasteiger partial charge on any atom is 0.331 e. The molecule has 2 aromatic carbocycles. The lowest BCUT2D eigenvalue weighted by atomic mass is 10.2. The molecule has 0 unspecified atom stereocenters. The minimum atomic E-state index is -0.724. The lowest BCUT2D eigenvalue weighted by molar-refractivity contribution is -0.142. The summed E-state index contributed by atoms with van der Waals surface area (Å²) in [4.78, 5) is 23.2. The molecule has 0 atom stereocenters. The minimum absolute atomic E-state index is 0.267. The van der Waals surface area contributed by atoms with E-state index < -0.39 is 24.3 Å². The summed E-state index contributed by atoms with van der Waals surface area (Å²) in [6.45, 7) is -0.424. The summed E-state index contributed by atoms with van der Waals surface area (Å²) >= 11 is 3.29. The zero-order valence-corrected chi connectivity index (χ0v) is 13.5. The van der Waals surface area contributed by atoms with Crippen molar-refractivity contribution in [3.8, 4) is 0 Å². The number of benzene rings is 2. The number of amides is 1. The van der Waals surface area contributed by atoms with Crippen molar-refractivity contribution in [3.05, 3.63) is 70.5 Å². The quantitative estimate of drug-likeness (QED) is 0.637. The van der Waals surface area contributed by atoms with E-state index in [1.54, 1.807) is 30.3 Å². The van der Waals surface area contributed by atoms with Crippen molar-refractivity contribution in [3.63, 3.8) is 0 Å². The highest BCUT2D eigenvalue weighted by atomic mass is 79.9. The molecule has 0 bridgehead atoms. The minimum Gasteiger partial charge on any atom is -0.452 e. The van der Waals surface area contributed by atoms with Crippen LogP contribution in [0.1, 0.15) is 5.56 Å². The Kier molecular flexibility index (Phi) is 6.05. The van der Waals surface area contributed by atoms with Gasteiger partial charge in [0.25, 0.3) is 5.91 Å². The second-order valence-corrected chi connectivity index (χ2v) is 5.44. The third-order valence-electron chi connectivity index (χ3n) is 2.76. The van der Waals surface area contributed by atoms with Crippen LogP contribution in [0.4, 0.5) is 10.1 Å². The van der Waals surface area contributed by atoms with Gasteiger partial charge >= 0.3 is 5.97 Å². The Hall–Kier alpha value is -2.47. The fourth-order valence-corrected chi connectivity index (χ4v) is 2.12. The van der Waals surface area contributed by atoms with Crippen LogP contribution >= 0.6 is 15.9 Å². The lowest BCUT2D eigenvalue weighted by Crippen LogP contribution is -2.20. The summed E-state index contributed by atoms with van der Waals surface area (Å²) in [7, 11) is 0. The summed E-state index contributed by atoms with van der Waals surface area (Å²) in [6, 6.07) is 13.0. The molecule has 1 amide bonds. The number of esters is 1. The van der Waals surface area contributed by atoms with Crippen LogP contribution < -0.4 is 5.32 Å². The second-order valence-electron chi connectivity index (χ2n) is 4.52. The molecule has 4 nitrogen and oxygen atoms in total. The first-order chi connectivity index (χ1) is 11.0. The first-order valence-corrected chi connectivity index (χ1v) is 7.48. The maximum atomic E-state index is 13.4. The molecule has 0 saturated heterocycles. The second kappa shape index (κ2) is 8.24. The van der Waals surface area contributed by atoms with Crippen molar-refractivity contribution in [2.45, 2.75) is 0 Å². The smallest absolute Gasteiger partial charge is 0.331 e. The third-order valence-corrected chi connectivity index (χ3v) is 3.25. The van der Waals surface area contributed by atoms with E-state index in [0.29, 0.717) is 5.69 Å². The van der Waals surface area contributed by atoms with Gasteiger partial charge in [-0.2, -0.15) is 0 Å². The molecule has 0 aliphatic heterocycles. The molecule has 2 aromatic rings. The highest BCUT2D eigenvalue weighted by Gasteiger charge is 2.06. The molecule has 0 aromatic heterocycles. The van der Waals surface area contributed by atoms with Crippen molar-refractivity contribution in [1.29, 1.82) is 0 Å². The van der Waals surface area contributed by atoms with E-state index >= 15 is 0 Å². The summed E-state index contributed by atoms with van der Waals surface area (Å²) < 4.78 is 19.0. The number of anilines is 1. The Morgan fingerprint density at radius 1 is 1.17 bits per heavy atom. The Morgan fingerprint density at radius 3 is 2.70 bits per heavy atom. The fraction of sp³-hybridized carbons (Fsp3) is 0.0588. The van der Waals surface area contributed by atoms with Gasteiger partial charge in [-0.15, -0.1) is 0 Å². The SMILES string of the molecule is O=C(COC(=O)/C=C/c1ccccc1F)Nc1cccc(Br)c1. The average molecular weight is 378 g/mol. The summed E-state index contributed by atoms with van der Waals surface area (Å²) in [6.07, 6.45) is 2.37. The van der Waals surface area contributed by atoms with Crippen LogP contribution in [0, 0.1) is 5.82 Å². The van der Waals surface area contributed by atoms with Crippen molar-refractivity contribution in [2.24, 2.45) is 0 Å². The van der Waals surface area contributed by atoms with Crippen LogP contribution in [0.25, 0.3) is 6.08 Å². The van der Waals surface area contributed by atoms with Gasteiger partial charge in [-0.1, -0.05) is 40.2 Å². The van der Waals surface area contributed by atoms with Gasteiger partial charge in [0.15, 0.2) is 6.61 Å². The normalized spacial score (nSPS) is 10.5. The molecule has 118 valence electrons. The molecule has 0 aliphatic rings. The molecule has 0 radical (unpaired) electrons. The van der Waals surface area contributed by atoms with Gasteiger partial charge in [0.1, 0.15) is 5.82 Å². The van der Waals surface area contributed by atoms with Gasteiger partial charge in [0.05, 0.1) is 0 Å². The summed E-state index contributed by atoms with van der Waals surface area (Å²) in [5.74, 6) is -1.63. The lowest BCUT2D eigenvalue weighted by Gasteiger charge is -2.05. The number of nitrogens with one attached hydrogen (secondary N) is 1. The fourth-order valence-electron chi connectivity index (χ4n) is 1.72. The van der Waals surface area contributed by atoms with Gasteiger partial charge in [-0.25, -0.2) is 9.18 Å². The first-order valence-electron chi connectivity index (χ1n) is 6.69. The van der Waals surface area contributed by atoms with Crippen molar-refractivity contribution >= 4 is 39.6 Å². The van der Waals surface area contributed by atoms with E-state index in [1.807, 2.05) is 6.07 Å². The van der Waals surface area contributed by atoms with Crippen LogP contribution in [0.15, 0.2) is 59.1 Å². The molecule has 0 fully saturated rings. The molecule has 0 spiro atoms. The van der Waals surface area contributed by atoms with E-state index in [-0.39, 0.29) is 5.56 Å². The van der Waals surface area contributed by atoms with Gasteiger partial charge in [-0.3, -0.25) is 4.79 Å². The molecule has 1 N–H and O–H groups in total. The average Bonchev–Trinajstić information content (AvgIpc) is 2.52. The predicted octanol–water partition coefficient (Wildman–Crippen LogP) is 3.78. The number of carbonyl (C=O) groups is 2. The molecule has 2 rings (SSSR count). The first kappa shape index (κ1) is 16.9. The predicted molar refractivity (Wildman–Crippen MR) is 89.2 cm³/mol.